The lowest BCUT2D eigenvalue weighted by Gasteiger charge is -2.05. The topological polar surface area (TPSA) is 86.0 Å². The largest absolute Gasteiger partial charge is 0.433 e. The molecule has 0 spiro atoms. The van der Waals surface area contributed by atoms with Crippen molar-refractivity contribution < 1.29 is 18.0 Å². The molecule has 0 fully saturated rings. The molecule has 3 rings (SSSR count). The molecule has 114 valence electrons. The third-order valence-electron chi connectivity index (χ3n) is 2.53. The third kappa shape index (κ3) is 3.52. The first-order valence-electron chi connectivity index (χ1n) is 6.08. The van der Waals surface area contributed by atoms with Gasteiger partial charge in [-0.05, 0) is 12.1 Å². The van der Waals surface area contributed by atoms with Crippen molar-refractivity contribution in [2.24, 2.45) is 0 Å². The highest BCUT2D eigenvalue weighted by Gasteiger charge is 2.09. The second-order valence-corrected chi connectivity index (χ2v) is 4.99. The first kappa shape index (κ1) is 14.3. The summed E-state index contributed by atoms with van der Waals surface area (Å²) in [5, 5.41) is 16.0. The minimum absolute atomic E-state index is 0.0167. The van der Waals surface area contributed by atoms with E-state index in [0.29, 0.717) is 28.1 Å². The molecule has 0 saturated heterocycles. The number of nitrogens with zero attached hydrogens (tertiary/aromatic N) is 4. The molecule has 0 amide bonds. The summed E-state index contributed by atoms with van der Waals surface area (Å²) < 4.78 is 33.0. The van der Waals surface area contributed by atoms with Gasteiger partial charge in [-0.15, -0.1) is 10.2 Å². The number of halogens is 2. The highest BCUT2D eigenvalue weighted by Crippen LogP contribution is 2.25. The zero-order chi connectivity index (χ0) is 15.4. The van der Waals surface area contributed by atoms with Gasteiger partial charge >= 0.3 is 6.61 Å². The van der Waals surface area contributed by atoms with Crippen LogP contribution in [0.15, 0.2) is 35.2 Å². The summed E-state index contributed by atoms with van der Waals surface area (Å²) in [5.41, 5.74) is 1.26. The van der Waals surface area contributed by atoms with E-state index in [1.807, 2.05) is 0 Å². The van der Waals surface area contributed by atoms with Crippen molar-refractivity contribution in [3.8, 4) is 16.5 Å². The van der Waals surface area contributed by atoms with Crippen LogP contribution < -0.4 is 10.1 Å². The van der Waals surface area contributed by atoms with Gasteiger partial charge in [0.05, 0.1) is 18.4 Å². The number of rotatable bonds is 6. The van der Waals surface area contributed by atoms with Crippen LogP contribution in [0.1, 0.15) is 5.69 Å². The lowest BCUT2D eigenvalue weighted by atomic mass is 10.3. The van der Waals surface area contributed by atoms with E-state index in [9.17, 15) is 8.78 Å². The molecule has 7 nitrogen and oxygen atoms in total. The Kier molecular flexibility index (Phi) is 4.19. The van der Waals surface area contributed by atoms with Gasteiger partial charge in [-0.25, -0.2) is 0 Å². The first-order chi connectivity index (χ1) is 10.7. The maximum absolute atomic E-state index is 12.0. The number of hydrogen-bond donors (Lipinski definition) is 1. The molecule has 10 heteroatoms. The van der Waals surface area contributed by atoms with Crippen LogP contribution in [0.2, 0.25) is 0 Å². The third-order valence-corrected chi connectivity index (χ3v) is 3.43. The first-order valence-corrected chi connectivity index (χ1v) is 6.90. The second kappa shape index (κ2) is 6.43. The molecule has 0 saturated carbocycles. The smallest absolute Gasteiger partial charge is 0.387 e. The molecule has 0 aliphatic carbocycles. The van der Waals surface area contributed by atoms with Crippen LogP contribution in [-0.2, 0) is 6.54 Å². The van der Waals surface area contributed by atoms with Crippen LogP contribution in [0.25, 0.3) is 10.7 Å². The maximum atomic E-state index is 12.0. The molecule has 1 N–H and O–H groups in total. The van der Waals surface area contributed by atoms with Gasteiger partial charge in [0.25, 0.3) is 0 Å². The van der Waals surface area contributed by atoms with Crippen LogP contribution in [0.5, 0.6) is 5.75 Å². The predicted octanol–water partition coefficient (Wildman–Crippen LogP) is 2.80. The number of ether oxygens (including phenoxy) is 1. The Labute approximate surface area is 127 Å². The van der Waals surface area contributed by atoms with Crippen molar-refractivity contribution in [2.45, 2.75) is 13.2 Å². The van der Waals surface area contributed by atoms with Crippen LogP contribution in [0.3, 0.4) is 0 Å². The lowest BCUT2D eigenvalue weighted by Crippen LogP contribution is -2.04. The molecule has 22 heavy (non-hydrogen) atoms. The van der Waals surface area contributed by atoms with Crippen LogP contribution in [0.4, 0.5) is 13.9 Å². The number of nitrogens with one attached hydrogen (secondary N) is 1. The van der Waals surface area contributed by atoms with Gasteiger partial charge in [0.1, 0.15) is 17.7 Å². The van der Waals surface area contributed by atoms with Gasteiger partial charge in [0, 0.05) is 6.07 Å². The summed E-state index contributed by atoms with van der Waals surface area (Å²) in [6.45, 7) is -2.48. The summed E-state index contributed by atoms with van der Waals surface area (Å²) in [4.78, 5) is 4.01. The Hall–Kier alpha value is -2.62. The highest BCUT2D eigenvalue weighted by atomic mass is 32.1. The molecule has 3 aromatic heterocycles. The van der Waals surface area contributed by atoms with Gasteiger partial charge in [-0.1, -0.05) is 16.5 Å². The van der Waals surface area contributed by atoms with Gasteiger partial charge in [0.2, 0.25) is 5.13 Å². The summed E-state index contributed by atoms with van der Waals surface area (Å²) in [6, 6.07) is 4.70. The van der Waals surface area contributed by atoms with Gasteiger partial charge in [0.15, 0.2) is 5.01 Å². The summed E-state index contributed by atoms with van der Waals surface area (Å²) in [5.74, 6) is 0.0167. The highest BCUT2D eigenvalue weighted by molar-refractivity contribution is 7.18. The Morgan fingerprint density at radius 1 is 1.27 bits per heavy atom. The number of aromatic nitrogens is 4. The van der Waals surface area contributed by atoms with Crippen LogP contribution >= 0.6 is 11.3 Å². The molecule has 0 aromatic carbocycles. The minimum Gasteiger partial charge on any atom is -0.433 e. The summed E-state index contributed by atoms with van der Waals surface area (Å²) in [7, 11) is 0. The van der Waals surface area contributed by atoms with Crippen LogP contribution in [-0.4, -0.2) is 26.9 Å². The molecular weight excluding hydrogens is 316 g/mol. The number of alkyl halides is 2. The van der Waals surface area contributed by atoms with E-state index in [1.165, 1.54) is 29.9 Å². The molecule has 0 aliphatic heterocycles. The summed E-state index contributed by atoms with van der Waals surface area (Å²) >= 11 is 1.31. The Morgan fingerprint density at radius 3 is 2.86 bits per heavy atom. The monoisotopic (exact) mass is 325 g/mol. The van der Waals surface area contributed by atoms with Crippen molar-refractivity contribution in [3.63, 3.8) is 0 Å². The fourth-order valence-corrected chi connectivity index (χ4v) is 2.28. The quantitative estimate of drug-likeness (QED) is 0.745. The average molecular weight is 325 g/mol. The molecule has 0 bridgehead atoms. The van der Waals surface area contributed by atoms with Crippen molar-refractivity contribution in [1.29, 1.82) is 0 Å². The van der Waals surface area contributed by atoms with Crippen molar-refractivity contribution >= 4 is 16.5 Å². The van der Waals surface area contributed by atoms with E-state index in [-0.39, 0.29) is 5.75 Å². The van der Waals surface area contributed by atoms with Crippen molar-refractivity contribution in [2.75, 3.05) is 5.32 Å². The number of pyridine rings is 1. The molecule has 0 atom stereocenters. The van der Waals surface area contributed by atoms with E-state index >= 15 is 0 Å². The van der Waals surface area contributed by atoms with E-state index < -0.39 is 6.61 Å². The SMILES string of the molecule is FC(F)Oc1ccc(CNc2nnc(-c3ccon3)s2)nc1. The zero-order valence-corrected chi connectivity index (χ0v) is 11.8. The lowest BCUT2D eigenvalue weighted by molar-refractivity contribution is -0.0500. The molecule has 0 aliphatic rings. The van der Waals surface area contributed by atoms with E-state index in [1.54, 1.807) is 12.1 Å². The second-order valence-electron chi connectivity index (χ2n) is 4.01. The number of hydrogen-bond acceptors (Lipinski definition) is 8. The molecule has 0 radical (unpaired) electrons. The predicted molar refractivity (Wildman–Crippen MR) is 73.6 cm³/mol. The molecule has 3 heterocycles. The Morgan fingerprint density at radius 2 is 2.18 bits per heavy atom. The Balaban J connectivity index is 1.58. The average Bonchev–Trinajstić information content (AvgIpc) is 3.17. The molecular formula is C12H9F2N5O2S. The minimum atomic E-state index is -2.86. The molecule has 0 unspecified atom stereocenters. The number of anilines is 1. The van der Waals surface area contributed by atoms with Crippen molar-refractivity contribution in [3.05, 3.63) is 36.4 Å². The fraction of sp³-hybridized carbons (Fsp3) is 0.167. The van der Waals surface area contributed by atoms with Gasteiger partial charge in [-0.3, -0.25) is 4.98 Å². The van der Waals surface area contributed by atoms with E-state index in [0.717, 1.165) is 0 Å². The normalized spacial score (nSPS) is 10.9. The fourth-order valence-electron chi connectivity index (χ4n) is 1.58. The van der Waals surface area contributed by atoms with E-state index in [4.69, 9.17) is 4.52 Å². The summed E-state index contributed by atoms with van der Waals surface area (Å²) in [6.07, 6.45) is 2.70. The zero-order valence-electron chi connectivity index (χ0n) is 10.9. The Bertz CT molecular complexity index is 717. The van der Waals surface area contributed by atoms with Gasteiger partial charge in [-0.2, -0.15) is 8.78 Å². The van der Waals surface area contributed by atoms with Crippen LogP contribution in [0, 0.1) is 0 Å². The van der Waals surface area contributed by atoms with E-state index in [2.05, 4.69) is 30.4 Å². The maximum Gasteiger partial charge on any atom is 0.387 e. The molecule has 3 aromatic rings. The standard InChI is InChI=1S/C12H9F2N5O2S/c13-11(14)21-8-2-1-7(15-6-8)5-16-12-18-17-10(22-12)9-3-4-20-19-9/h1-4,6,11H,5H2,(H,16,18). The van der Waals surface area contributed by atoms with Gasteiger partial charge < -0.3 is 14.6 Å². The van der Waals surface area contributed by atoms with Crippen molar-refractivity contribution in [1.82, 2.24) is 20.3 Å².